The van der Waals surface area contributed by atoms with E-state index in [1.165, 1.54) is 57.8 Å². The van der Waals surface area contributed by atoms with Crippen molar-refractivity contribution in [2.24, 2.45) is 5.92 Å². The second-order valence-corrected chi connectivity index (χ2v) is 5.62. The zero-order valence-corrected chi connectivity index (χ0v) is 12.1. The van der Waals surface area contributed by atoms with Crippen molar-refractivity contribution in [3.63, 3.8) is 0 Å². The number of cyclic esters (lactones) is 1. The van der Waals surface area contributed by atoms with Gasteiger partial charge in [0, 0.05) is 0 Å². The van der Waals surface area contributed by atoms with E-state index in [1.807, 2.05) is 0 Å². The highest BCUT2D eigenvalue weighted by atomic mass is 16.5. The number of carbonyl (C=O) groups is 1. The van der Waals surface area contributed by atoms with E-state index in [-0.39, 0.29) is 11.9 Å². The van der Waals surface area contributed by atoms with Crippen LogP contribution in [0.25, 0.3) is 0 Å². The molecule has 18 heavy (non-hydrogen) atoms. The van der Waals surface area contributed by atoms with Gasteiger partial charge in [-0.1, -0.05) is 64.7 Å². The highest BCUT2D eigenvalue weighted by Gasteiger charge is 2.22. The van der Waals surface area contributed by atoms with Gasteiger partial charge in [0.2, 0.25) is 0 Å². The highest BCUT2D eigenvalue weighted by molar-refractivity contribution is 5.72. The summed E-state index contributed by atoms with van der Waals surface area (Å²) in [5.41, 5.74) is 0. The van der Waals surface area contributed by atoms with Crippen LogP contribution in [0.2, 0.25) is 0 Å². The minimum atomic E-state index is 0.0563. The van der Waals surface area contributed by atoms with E-state index in [1.54, 1.807) is 0 Å². The lowest BCUT2D eigenvalue weighted by Crippen LogP contribution is -2.23. The van der Waals surface area contributed by atoms with Crippen molar-refractivity contribution < 1.29 is 9.53 Å². The fraction of sp³-hybridized carbons (Fsp3) is 0.938. The zero-order chi connectivity index (χ0) is 13.1. The summed E-state index contributed by atoms with van der Waals surface area (Å²) in [5.74, 6) is 0.268. The molecule has 1 saturated heterocycles. The van der Waals surface area contributed by atoms with Crippen molar-refractivity contribution >= 4 is 5.97 Å². The van der Waals surface area contributed by atoms with Gasteiger partial charge in [0.15, 0.2) is 0 Å². The number of esters is 1. The number of unbranched alkanes of at least 4 members (excludes halogenated alkanes) is 8. The molecule has 0 bridgehead atoms. The van der Waals surface area contributed by atoms with Crippen LogP contribution in [0.4, 0.5) is 0 Å². The first kappa shape index (κ1) is 15.5. The first-order valence-corrected chi connectivity index (χ1v) is 8.01. The highest BCUT2D eigenvalue weighted by Crippen LogP contribution is 2.21. The molecule has 0 aromatic carbocycles. The normalized spacial score (nSPS) is 19.8. The monoisotopic (exact) mass is 254 g/mol. The Kier molecular flexibility index (Phi) is 8.97. The van der Waals surface area contributed by atoms with Crippen molar-refractivity contribution in [2.75, 3.05) is 6.61 Å². The maximum atomic E-state index is 11.4. The lowest BCUT2D eigenvalue weighted by molar-refractivity contribution is -0.153. The van der Waals surface area contributed by atoms with Crippen LogP contribution in [-0.2, 0) is 9.53 Å². The van der Waals surface area contributed by atoms with Gasteiger partial charge in [-0.2, -0.15) is 0 Å². The fourth-order valence-corrected chi connectivity index (χ4v) is 2.70. The van der Waals surface area contributed by atoms with Crippen LogP contribution in [0, 0.1) is 5.92 Å². The summed E-state index contributed by atoms with van der Waals surface area (Å²) >= 11 is 0. The third-order valence-corrected chi connectivity index (χ3v) is 3.93. The maximum Gasteiger partial charge on any atom is 0.308 e. The number of rotatable bonds is 10. The number of carbonyl (C=O) groups excluding carboxylic acids is 1. The molecule has 2 nitrogen and oxygen atoms in total. The molecule has 1 atom stereocenters. The summed E-state index contributed by atoms with van der Waals surface area (Å²) in [6.07, 6.45) is 15.3. The molecule has 1 heterocycles. The van der Waals surface area contributed by atoms with E-state index < -0.39 is 0 Å². The zero-order valence-electron chi connectivity index (χ0n) is 12.1. The molecule has 1 rings (SSSR count). The SMILES string of the molecule is CCCCCCCCCCCC1CCCOC1=O. The largest absolute Gasteiger partial charge is 0.465 e. The minimum absolute atomic E-state index is 0.0563. The molecule has 0 amide bonds. The van der Waals surface area contributed by atoms with Gasteiger partial charge in [0.25, 0.3) is 0 Å². The van der Waals surface area contributed by atoms with Gasteiger partial charge in [-0.3, -0.25) is 4.79 Å². The van der Waals surface area contributed by atoms with Crippen LogP contribution in [0.5, 0.6) is 0 Å². The fourth-order valence-electron chi connectivity index (χ4n) is 2.70. The van der Waals surface area contributed by atoms with Crippen molar-refractivity contribution in [3.8, 4) is 0 Å². The van der Waals surface area contributed by atoms with Crippen molar-refractivity contribution in [2.45, 2.75) is 84.0 Å². The quantitative estimate of drug-likeness (QED) is 0.411. The molecule has 0 aromatic rings. The van der Waals surface area contributed by atoms with E-state index >= 15 is 0 Å². The van der Waals surface area contributed by atoms with Crippen LogP contribution >= 0.6 is 0 Å². The standard InChI is InChI=1S/C16H30O2/c1-2-3-4-5-6-7-8-9-10-12-15-13-11-14-18-16(15)17/h15H,2-14H2,1H3. The Morgan fingerprint density at radius 2 is 1.61 bits per heavy atom. The lowest BCUT2D eigenvalue weighted by atomic mass is 9.94. The number of hydrogen-bond acceptors (Lipinski definition) is 2. The van der Waals surface area contributed by atoms with Crippen molar-refractivity contribution in [3.05, 3.63) is 0 Å². The van der Waals surface area contributed by atoms with Gasteiger partial charge >= 0.3 is 5.97 Å². The van der Waals surface area contributed by atoms with Gasteiger partial charge in [-0.05, 0) is 19.3 Å². The molecule has 0 radical (unpaired) electrons. The molecule has 1 unspecified atom stereocenters. The molecule has 0 aromatic heterocycles. The molecule has 106 valence electrons. The van der Waals surface area contributed by atoms with Crippen LogP contribution in [0.15, 0.2) is 0 Å². The Balaban J connectivity index is 1.84. The molecule has 0 saturated carbocycles. The molecular weight excluding hydrogens is 224 g/mol. The predicted molar refractivity (Wildman–Crippen MR) is 75.5 cm³/mol. The molecule has 0 aliphatic carbocycles. The molecule has 0 spiro atoms. The molecule has 1 fully saturated rings. The second kappa shape index (κ2) is 10.4. The summed E-state index contributed by atoms with van der Waals surface area (Å²) in [5, 5.41) is 0. The summed E-state index contributed by atoms with van der Waals surface area (Å²) in [6, 6.07) is 0. The van der Waals surface area contributed by atoms with Gasteiger partial charge < -0.3 is 4.74 Å². The van der Waals surface area contributed by atoms with Gasteiger partial charge in [-0.25, -0.2) is 0 Å². The first-order valence-electron chi connectivity index (χ1n) is 8.01. The van der Waals surface area contributed by atoms with Crippen LogP contribution < -0.4 is 0 Å². The summed E-state index contributed by atoms with van der Waals surface area (Å²) in [6.45, 7) is 2.91. The molecule has 0 N–H and O–H groups in total. The Bertz CT molecular complexity index is 213. The second-order valence-electron chi connectivity index (χ2n) is 5.62. The molecule has 1 aliphatic heterocycles. The van der Waals surface area contributed by atoms with Gasteiger partial charge in [-0.15, -0.1) is 0 Å². The summed E-state index contributed by atoms with van der Waals surface area (Å²) < 4.78 is 5.08. The maximum absolute atomic E-state index is 11.4. The summed E-state index contributed by atoms with van der Waals surface area (Å²) in [7, 11) is 0. The number of ether oxygens (including phenoxy) is 1. The molecular formula is C16H30O2. The average Bonchev–Trinajstić information content (AvgIpc) is 2.39. The van der Waals surface area contributed by atoms with E-state index in [2.05, 4.69) is 6.92 Å². The third-order valence-electron chi connectivity index (χ3n) is 3.93. The first-order chi connectivity index (χ1) is 8.84. The van der Waals surface area contributed by atoms with E-state index in [4.69, 9.17) is 4.74 Å². The predicted octanol–water partition coefficient (Wildman–Crippen LogP) is 4.86. The Hall–Kier alpha value is -0.530. The molecule has 1 aliphatic rings. The smallest absolute Gasteiger partial charge is 0.308 e. The van der Waals surface area contributed by atoms with Crippen LogP contribution in [0.3, 0.4) is 0 Å². The van der Waals surface area contributed by atoms with Crippen LogP contribution in [-0.4, -0.2) is 12.6 Å². The Morgan fingerprint density at radius 1 is 1.00 bits per heavy atom. The topological polar surface area (TPSA) is 26.3 Å². The third kappa shape index (κ3) is 7.03. The van der Waals surface area contributed by atoms with Crippen molar-refractivity contribution in [1.82, 2.24) is 0 Å². The Morgan fingerprint density at radius 3 is 2.22 bits per heavy atom. The lowest BCUT2D eigenvalue weighted by Gasteiger charge is -2.20. The van der Waals surface area contributed by atoms with Gasteiger partial charge in [0.05, 0.1) is 12.5 Å². The van der Waals surface area contributed by atoms with Crippen molar-refractivity contribution in [1.29, 1.82) is 0 Å². The Labute approximate surface area is 112 Å². The number of hydrogen-bond donors (Lipinski definition) is 0. The van der Waals surface area contributed by atoms with E-state index in [0.717, 1.165) is 19.3 Å². The van der Waals surface area contributed by atoms with Crippen LogP contribution in [0.1, 0.15) is 84.0 Å². The van der Waals surface area contributed by atoms with E-state index in [9.17, 15) is 4.79 Å². The van der Waals surface area contributed by atoms with Gasteiger partial charge in [0.1, 0.15) is 0 Å². The average molecular weight is 254 g/mol. The minimum Gasteiger partial charge on any atom is -0.465 e. The van der Waals surface area contributed by atoms with E-state index in [0.29, 0.717) is 6.61 Å². The summed E-state index contributed by atoms with van der Waals surface area (Å²) in [4.78, 5) is 11.4. The molecule has 2 heteroatoms.